The lowest BCUT2D eigenvalue weighted by molar-refractivity contribution is 0.100. The zero-order chi connectivity index (χ0) is 13.1. The number of nitrogens with two attached hydrogens (primary N) is 1. The number of rotatable bonds is 4. The molecule has 1 amide bonds. The van der Waals surface area contributed by atoms with Crippen LogP contribution in [0, 0.1) is 12.7 Å². The summed E-state index contributed by atoms with van der Waals surface area (Å²) in [5.41, 5.74) is 7.43. The van der Waals surface area contributed by atoms with E-state index < -0.39 is 5.91 Å². The Kier molecular flexibility index (Phi) is 3.62. The smallest absolute Gasteiger partial charge is 0.249 e. The van der Waals surface area contributed by atoms with Crippen molar-refractivity contribution in [3.63, 3.8) is 0 Å². The first-order chi connectivity index (χ1) is 8.56. The van der Waals surface area contributed by atoms with E-state index in [-0.39, 0.29) is 5.82 Å². The third kappa shape index (κ3) is 2.87. The second-order valence-electron chi connectivity index (χ2n) is 3.98. The second kappa shape index (κ2) is 5.18. The van der Waals surface area contributed by atoms with Gasteiger partial charge in [0.25, 0.3) is 0 Å². The van der Waals surface area contributed by atoms with Gasteiger partial charge in [-0.25, -0.2) is 4.39 Å². The topological polar surface area (TPSA) is 55.1 Å². The number of hydrogen-bond acceptors (Lipinski definition) is 3. The van der Waals surface area contributed by atoms with Crippen molar-refractivity contribution >= 4 is 22.9 Å². The number of aryl methyl sites for hydroxylation is 1. The average molecular weight is 264 g/mol. The molecule has 0 spiro atoms. The Hall–Kier alpha value is -1.88. The Morgan fingerprint density at radius 3 is 2.83 bits per heavy atom. The van der Waals surface area contributed by atoms with Gasteiger partial charge in [0.15, 0.2) is 0 Å². The van der Waals surface area contributed by atoms with Crippen molar-refractivity contribution in [3.05, 3.63) is 51.5 Å². The van der Waals surface area contributed by atoms with Crippen LogP contribution < -0.4 is 11.1 Å². The number of benzene rings is 1. The highest BCUT2D eigenvalue weighted by Crippen LogP contribution is 2.19. The zero-order valence-electron chi connectivity index (χ0n) is 9.87. The number of thiophene rings is 1. The molecule has 0 radical (unpaired) electrons. The fourth-order valence-corrected chi connectivity index (χ4v) is 2.42. The summed E-state index contributed by atoms with van der Waals surface area (Å²) in [4.78, 5) is 12.0. The van der Waals surface area contributed by atoms with E-state index in [0.717, 1.165) is 16.1 Å². The molecule has 2 rings (SSSR count). The van der Waals surface area contributed by atoms with Gasteiger partial charge in [-0.2, -0.15) is 0 Å². The number of carbonyl (C=O) groups excluding carboxylic acids is 1. The molecule has 0 fully saturated rings. The van der Waals surface area contributed by atoms with Crippen LogP contribution in [0.1, 0.15) is 20.8 Å². The fourth-order valence-electron chi connectivity index (χ4n) is 1.61. The van der Waals surface area contributed by atoms with E-state index in [1.807, 2.05) is 6.92 Å². The molecule has 0 aliphatic heterocycles. The quantitative estimate of drug-likeness (QED) is 0.892. The van der Waals surface area contributed by atoms with E-state index in [1.54, 1.807) is 17.5 Å². The van der Waals surface area contributed by atoms with E-state index in [0.29, 0.717) is 12.1 Å². The lowest BCUT2D eigenvalue weighted by Gasteiger charge is -2.08. The molecule has 0 aliphatic rings. The van der Waals surface area contributed by atoms with Crippen LogP contribution in [-0.4, -0.2) is 5.91 Å². The van der Waals surface area contributed by atoms with Crippen molar-refractivity contribution in [1.29, 1.82) is 0 Å². The summed E-state index contributed by atoms with van der Waals surface area (Å²) in [6, 6.07) is 6.36. The standard InChI is InChI=1S/C13H13FN2OS/c1-8-4-10(14)2-3-12(8)16-6-11-5-9(7-18-11)13(15)17/h2-5,7,16H,6H2,1H3,(H2,15,17). The number of carbonyl (C=O) groups is 1. The summed E-state index contributed by atoms with van der Waals surface area (Å²) in [6.07, 6.45) is 0. The van der Waals surface area contributed by atoms with E-state index in [1.165, 1.54) is 23.5 Å². The molecular formula is C13H13FN2OS. The summed E-state index contributed by atoms with van der Waals surface area (Å²) in [5, 5.41) is 4.93. The van der Waals surface area contributed by atoms with Gasteiger partial charge in [-0.1, -0.05) is 0 Å². The van der Waals surface area contributed by atoms with Gasteiger partial charge in [-0.3, -0.25) is 4.79 Å². The van der Waals surface area contributed by atoms with Crippen LogP contribution in [0.25, 0.3) is 0 Å². The van der Waals surface area contributed by atoms with Crippen LogP contribution in [-0.2, 0) is 6.54 Å². The van der Waals surface area contributed by atoms with Gasteiger partial charge in [-0.05, 0) is 36.8 Å². The third-order valence-electron chi connectivity index (χ3n) is 2.58. The van der Waals surface area contributed by atoms with Crippen LogP contribution in [0.15, 0.2) is 29.6 Å². The van der Waals surface area contributed by atoms with Crippen LogP contribution in [0.4, 0.5) is 10.1 Å². The van der Waals surface area contributed by atoms with Gasteiger partial charge >= 0.3 is 0 Å². The number of anilines is 1. The number of hydrogen-bond donors (Lipinski definition) is 2. The summed E-state index contributed by atoms with van der Waals surface area (Å²) < 4.78 is 12.9. The monoisotopic (exact) mass is 264 g/mol. The molecule has 0 bridgehead atoms. The molecule has 0 atom stereocenters. The lowest BCUT2D eigenvalue weighted by atomic mass is 10.2. The molecule has 1 heterocycles. The zero-order valence-corrected chi connectivity index (χ0v) is 10.7. The van der Waals surface area contributed by atoms with Crippen LogP contribution in [0.2, 0.25) is 0 Å². The maximum atomic E-state index is 12.9. The normalized spacial score (nSPS) is 10.3. The summed E-state index contributed by atoms with van der Waals surface area (Å²) >= 11 is 1.47. The Bertz CT molecular complexity index is 580. The molecule has 3 N–H and O–H groups in total. The molecule has 0 saturated carbocycles. The molecule has 1 aromatic heterocycles. The van der Waals surface area contributed by atoms with Crippen molar-refractivity contribution in [1.82, 2.24) is 0 Å². The Morgan fingerprint density at radius 2 is 2.22 bits per heavy atom. The first-order valence-electron chi connectivity index (χ1n) is 5.43. The first-order valence-corrected chi connectivity index (χ1v) is 6.31. The molecule has 94 valence electrons. The van der Waals surface area contributed by atoms with Crippen molar-refractivity contribution in [2.75, 3.05) is 5.32 Å². The van der Waals surface area contributed by atoms with Crippen molar-refractivity contribution in [2.24, 2.45) is 5.73 Å². The maximum Gasteiger partial charge on any atom is 0.249 e. The van der Waals surface area contributed by atoms with Crippen LogP contribution >= 0.6 is 11.3 Å². The summed E-state index contributed by atoms with van der Waals surface area (Å²) in [7, 11) is 0. The van der Waals surface area contributed by atoms with Gasteiger partial charge in [0.05, 0.1) is 5.56 Å². The first kappa shape index (κ1) is 12.6. The maximum absolute atomic E-state index is 12.9. The van der Waals surface area contributed by atoms with E-state index in [2.05, 4.69) is 5.32 Å². The van der Waals surface area contributed by atoms with E-state index in [4.69, 9.17) is 5.73 Å². The van der Waals surface area contributed by atoms with Gasteiger partial charge in [0, 0.05) is 22.5 Å². The minimum absolute atomic E-state index is 0.245. The van der Waals surface area contributed by atoms with Crippen molar-refractivity contribution < 1.29 is 9.18 Å². The highest BCUT2D eigenvalue weighted by Gasteiger charge is 2.05. The molecule has 3 nitrogen and oxygen atoms in total. The predicted octanol–water partition coefficient (Wildman–Crippen LogP) is 2.91. The number of nitrogens with one attached hydrogen (secondary N) is 1. The average Bonchev–Trinajstić information content (AvgIpc) is 2.76. The Labute approximate surface area is 108 Å². The van der Waals surface area contributed by atoms with E-state index in [9.17, 15) is 9.18 Å². The van der Waals surface area contributed by atoms with Crippen molar-refractivity contribution in [2.45, 2.75) is 13.5 Å². The molecule has 1 aromatic carbocycles. The lowest BCUT2D eigenvalue weighted by Crippen LogP contribution is -2.09. The molecule has 5 heteroatoms. The molecule has 2 aromatic rings. The number of halogens is 1. The summed E-state index contributed by atoms with van der Waals surface area (Å²) in [5.74, 6) is -0.666. The highest BCUT2D eigenvalue weighted by molar-refractivity contribution is 7.10. The summed E-state index contributed by atoms with van der Waals surface area (Å²) in [6.45, 7) is 2.43. The van der Waals surface area contributed by atoms with Crippen LogP contribution in [0.3, 0.4) is 0 Å². The molecule has 0 unspecified atom stereocenters. The number of amides is 1. The van der Waals surface area contributed by atoms with Gasteiger partial charge < -0.3 is 11.1 Å². The predicted molar refractivity (Wildman–Crippen MR) is 71.3 cm³/mol. The minimum atomic E-state index is -0.421. The molecular weight excluding hydrogens is 251 g/mol. The minimum Gasteiger partial charge on any atom is -0.380 e. The van der Waals surface area contributed by atoms with Gasteiger partial charge in [-0.15, -0.1) is 11.3 Å². The third-order valence-corrected chi connectivity index (χ3v) is 3.52. The highest BCUT2D eigenvalue weighted by atomic mass is 32.1. The van der Waals surface area contributed by atoms with Crippen LogP contribution in [0.5, 0.6) is 0 Å². The SMILES string of the molecule is Cc1cc(F)ccc1NCc1cc(C(N)=O)cs1. The number of primary amides is 1. The van der Waals surface area contributed by atoms with Gasteiger partial charge in [0.2, 0.25) is 5.91 Å². The fraction of sp³-hybridized carbons (Fsp3) is 0.154. The molecule has 0 aliphatic carbocycles. The Morgan fingerprint density at radius 1 is 1.44 bits per heavy atom. The second-order valence-corrected chi connectivity index (χ2v) is 4.97. The Balaban J connectivity index is 2.04. The van der Waals surface area contributed by atoms with Crippen molar-refractivity contribution in [3.8, 4) is 0 Å². The molecule has 18 heavy (non-hydrogen) atoms. The molecule has 0 saturated heterocycles. The van der Waals surface area contributed by atoms with E-state index >= 15 is 0 Å². The van der Waals surface area contributed by atoms with Gasteiger partial charge in [0.1, 0.15) is 5.82 Å². The largest absolute Gasteiger partial charge is 0.380 e.